The molecule has 0 bridgehead atoms. The molecule has 0 atom stereocenters. The van der Waals surface area contributed by atoms with E-state index in [1.807, 2.05) is 20.8 Å². The van der Waals surface area contributed by atoms with Crippen LogP contribution in [0.5, 0.6) is 0 Å². The highest BCUT2D eigenvalue weighted by molar-refractivity contribution is 5.42. The standard InChI is InChI=1S/C12H13N3O2.C6H4FNO2/c1-8-9(2)13-14(10(8)3)11-4-6-12(7-5-11)15(16)17;7-5-1-3-6(4-2-5)8(9)10/h4-7H,1-3H3;1-4H. The van der Waals surface area contributed by atoms with E-state index >= 15 is 0 Å². The number of aryl methyl sites for hydroxylation is 1. The first kappa shape index (κ1) is 19.7. The number of benzene rings is 2. The van der Waals surface area contributed by atoms with Gasteiger partial charge in [0.05, 0.1) is 21.2 Å². The molecule has 0 aliphatic rings. The van der Waals surface area contributed by atoms with Gasteiger partial charge in [-0.3, -0.25) is 20.2 Å². The number of hydrogen-bond acceptors (Lipinski definition) is 5. The minimum Gasteiger partial charge on any atom is -0.258 e. The van der Waals surface area contributed by atoms with Crippen LogP contribution in [0.3, 0.4) is 0 Å². The first-order valence-corrected chi connectivity index (χ1v) is 7.88. The summed E-state index contributed by atoms with van der Waals surface area (Å²) < 4.78 is 13.9. The van der Waals surface area contributed by atoms with Crippen LogP contribution in [0.1, 0.15) is 17.0 Å². The molecule has 0 fully saturated rings. The highest BCUT2D eigenvalue weighted by Gasteiger charge is 2.10. The second kappa shape index (κ2) is 8.17. The molecule has 0 amide bonds. The van der Waals surface area contributed by atoms with Crippen LogP contribution in [0.2, 0.25) is 0 Å². The van der Waals surface area contributed by atoms with Gasteiger partial charge in [0.25, 0.3) is 11.4 Å². The fourth-order valence-electron chi connectivity index (χ4n) is 2.25. The SMILES string of the molecule is Cc1nn(-c2ccc([N+](=O)[O-])cc2)c(C)c1C.O=[N+]([O-])c1ccc(F)cc1. The number of aromatic nitrogens is 2. The van der Waals surface area contributed by atoms with Gasteiger partial charge >= 0.3 is 0 Å². The summed E-state index contributed by atoms with van der Waals surface area (Å²) in [5.74, 6) is -0.467. The van der Waals surface area contributed by atoms with Crippen LogP contribution in [0, 0.1) is 46.8 Å². The Kier molecular flexibility index (Phi) is 5.96. The van der Waals surface area contributed by atoms with Gasteiger partial charge in [0.15, 0.2) is 0 Å². The average molecular weight is 372 g/mol. The Hall–Kier alpha value is -3.62. The summed E-state index contributed by atoms with van der Waals surface area (Å²) >= 11 is 0. The second-order valence-corrected chi connectivity index (χ2v) is 5.71. The van der Waals surface area contributed by atoms with Gasteiger partial charge in [-0.2, -0.15) is 5.10 Å². The van der Waals surface area contributed by atoms with E-state index < -0.39 is 15.7 Å². The molecule has 3 aromatic rings. The summed E-state index contributed by atoms with van der Waals surface area (Å²) in [4.78, 5) is 19.6. The van der Waals surface area contributed by atoms with Crippen LogP contribution in [0.25, 0.3) is 5.69 Å². The number of nitro groups is 2. The van der Waals surface area contributed by atoms with Crippen LogP contribution in [0.15, 0.2) is 48.5 Å². The van der Waals surface area contributed by atoms with E-state index in [9.17, 15) is 24.6 Å². The smallest absolute Gasteiger partial charge is 0.258 e. The van der Waals surface area contributed by atoms with E-state index in [2.05, 4.69) is 5.10 Å². The molecule has 0 saturated heterocycles. The number of nitro benzene ring substituents is 2. The predicted molar refractivity (Wildman–Crippen MR) is 97.5 cm³/mol. The van der Waals surface area contributed by atoms with Crippen LogP contribution in [-0.4, -0.2) is 19.6 Å². The van der Waals surface area contributed by atoms with E-state index in [0.29, 0.717) is 0 Å². The van der Waals surface area contributed by atoms with Gasteiger partial charge in [-0.15, -0.1) is 0 Å². The van der Waals surface area contributed by atoms with Gasteiger partial charge in [-0.1, -0.05) is 0 Å². The first-order chi connectivity index (χ1) is 12.7. The minimum absolute atomic E-state index is 0.0898. The van der Waals surface area contributed by atoms with Gasteiger partial charge < -0.3 is 0 Å². The molecule has 0 N–H and O–H groups in total. The Morgan fingerprint density at radius 3 is 1.67 bits per heavy atom. The highest BCUT2D eigenvalue weighted by Crippen LogP contribution is 2.19. The Labute approximate surface area is 154 Å². The van der Waals surface area contributed by atoms with E-state index in [-0.39, 0.29) is 11.4 Å². The monoisotopic (exact) mass is 372 g/mol. The van der Waals surface area contributed by atoms with Crippen LogP contribution in [0.4, 0.5) is 15.8 Å². The number of rotatable bonds is 3. The van der Waals surface area contributed by atoms with Crippen molar-refractivity contribution in [2.75, 3.05) is 0 Å². The fraction of sp³-hybridized carbons (Fsp3) is 0.167. The molecule has 0 spiro atoms. The van der Waals surface area contributed by atoms with Crippen molar-refractivity contribution < 1.29 is 14.2 Å². The van der Waals surface area contributed by atoms with Crippen molar-refractivity contribution in [2.24, 2.45) is 0 Å². The van der Waals surface area contributed by atoms with Crippen molar-refractivity contribution in [2.45, 2.75) is 20.8 Å². The van der Waals surface area contributed by atoms with E-state index in [4.69, 9.17) is 0 Å². The van der Waals surface area contributed by atoms with Crippen LogP contribution < -0.4 is 0 Å². The van der Waals surface area contributed by atoms with Gasteiger partial charge in [0.2, 0.25) is 0 Å². The average Bonchev–Trinajstić information content (AvgIpc) is 2.90. The Morgan fingerprint density at radius 1 is 0.852 bits per heavy atom. The molecular weight excluding hydrogens is 355 g/mol. The van der Waals surface area contributed by atoms with Gasteiger partial charge in [-0.25, -0.2) is 9.07 Å². The Balaban J connectivity index is 0.000000223. The molecule has 2 aromatic carbocycles. The van der Waals surface area contributed by atoms with E-state index in [0.717, 1.165) is 46.9 Å². The largest absolute Gasteiger partial charge is 0.269 e. The molecule has 3 rings (SSSR count). The summed E-state index contributed by atoms with van der Waals surface area (Å²) in [6.07, 6.45) is 0. The van der Waals surface area contributed by atoms with Crippen molar-refractivity contribution in [3.63, 3.8) is 0 Å². The predicted octanol–water partition coefficient (Wildman–Crippen LogP) is 4.44. The zero-order chi connectivity index (χ0) is 20.1. The second-order valence-electron chi connectivity index (χ2n) is 5.71. The Morgan fingerprint density at radius 2 is 1.30 bits per heavy atom. The third kappa shape index (κ3) is 4.72. The number of hydrogen-bond donors (Lipinski definition) is 0. The lowest BCUT2D eigenvalue weighted by Gasteiger charge is -2.03. The summed E-state index contributed by atoms with van der Waals surface area (Å²) in [5, 5.41) is 25.0. The van der Waals surface area contributed by atoms with E-state index in [1.165, 1.54) is 12.1 Å². The zero-order valence-electron chi connectivity index (χ0n) is 14.9. The summed E-state index contributed by atoms with van der Waals surface area (Å²) in [5.41, 5.74) is 4.00. The topological polar surface area (TPSA) is 104 Å². The molecule has 0 unspecified atom stereocenters. The minimum atomic E-state index is -0.570. The quantitative estimate of drug-likeness (QED) is 0.499. The highest BCUT2D eigenvalue weighted by atomic mass is 19.1. The number of nitrogens with zero attached hydrogens (tertiary/aromatic N) is 4. The fourth-order valence-corrected chi connectivity index (χ4v) is 2.25. The lowest BCUT2D eigenvalue weighted by atomic mass is 10.2. The van der Waals surface area contributed by atoms with Crippen molar-refractivity contribution >= 4 is 11.4 Å². The molecule has 1 aromatic heterocycles. The molecule has 27 heavy (non-hydrogen) atoms. The molecule has 9 heteroatoms. The maximum absolute atomic E-state index is 12.1. The van der Waals surface area contributed by atoms with Crippen molar-refractivity contribution in [3.8, 4) is 5.69 Å². The maximum Gasteiger partial charge on any atom is 0.269 e. The van der Waals surface area contributed by atoms with Gasteiger partial charge in [0.1, 0.15) is 5.82 Å². The lowest BCUT2D eigenvalue weighted by molar-refractivity contribution is -0.385. The van der Waals surface area contributed by atoms with E-state index in [1.54, 1.807) is 16.8 Å². The molecule has 0 aliphatic carbocycles. The number of non-ortho nitro benzene ring substituents is 2. The molecular formula is C18H17FN4O4. The molecule has 1 heterocycles. The van der Waals surface area contributed by atoms with Gasteiger partial charge in [0, 0.05) is 30.0 Å². The van der Waals surface area contributed by atoms with Crippen molar-refractivity contribution in [3.05, 3.63) is 91.5 Å². The first-order valence-electron chi connectivity index (χ1n) is 7.88. The molecule has 8 nitrogen and oxygen atoms in total. The Bertz CT molecular complexity index is 966. The van der Waals surface area contributed by atoms with Gasteiger partial charge in [-0.05, 0) is 50.6 Å². The summed E-state index contributed by atoms with van der Waals surface area (Å²) in [6.45, 7) is 5.94. The number of halogens is 1. The molecule has 0 radical (unpaired) electrons. The molecule has 0 saturated carbocycles. The third-order valence-corrected chi connectivity index (χ3v) is 4.00. The molecule has 0 aliphatic heterocycles. The summed E-state index contributed by atoms with van der Waals surface area (Å²) in [6, 6.07) is 10.7. The summed E-state index contributed by atoms with van der Waals surface area (Å²) in [7, 11) is 0. The van der Waals surface area contributed by atoms with Crippen LogP contribution >= 0.6 is 0 Å². The van der Waals surface area contributed by atoms with Crippen LogP contribution in [-0.2, 0) is 0 Å². The third-order valence-electron chi connectivity index (χ3n) is 4.00. The lowest BCUT2D eigenvalue weighted by Crippen LogP contribution is -1.99. The molecule has 140 valence electrons. The van der Waals surface area contributed by atoms with Crippen molar-refractivity contribution in [1.82, 2.24) is 9.78 Å². The maximum atomic E-state index is 12.1. The zero-order valence-corrected chi connectivity index (χ0v) is 14.9. The van der Waals surface area contributed by atoms with Crippen molar-refractivity contribution in [1.29, 1.82) is 0 Å². The normalized spacial score (nSPS) is 10.1.